The van der Waals surface area contributed by atoms with Crippen molar-refractivity contribution in [3.8, 4) is 0 Å². The van der Waals surface area contributed by atoms with Gasteiger partial charge >= 0.3 is 5.97 Å². The van der Waals surface area contributed by atoms with Crippen molar-refractivity contribution in [2.45, 2.75) is 49.8 Å². The van der Waals surface area contributed by atoms with Gasteiger partial charge in [0, 0.05) is 12.1 Å². The number of fused-ring (bicyclic) bond motifs is 2. The summed E-state index contributed by atoms with van der Waals surface area (Å²) in [5, 5.41) is 9.55. The Labute approximate surface area is 127 Å². The Hall–Kier alpha value is -1.39. The number of esters is 1. The van der Waals surface area contributed by atoms with Crippen molar-refractivity contribution in [3.63, 3.8) is 0 Å². The Balaban J connectivity index is 1.71. The molecule has 2 aliphatic heterocycles. The molecule has 1 aromatic carbocycles. The Kier molecular flexibility index (Phi) is 3.90. The second kappa shape index (κ2) is 6.16. The zero-order valence-corrected chi connectivity index (χ0v) is 12.4. The first-order valence-corrected chi connectivity index (χ1v) is 7.63. The van der Waals surface area contributed by atoms with Gasteiger partial charge in [-0.1, -0.05) is 30.3 Å². The first-order valence-electron chi connectivity index (χ1n) is 8.13. The molecule has 4 heteroatoms. The van der Waals surface area contributed by atoms with Crippen molar-refractivity contribution in [3.05, 3.63) is 35.9 Å². The monoisotopic (exact) mass is 290 g/mol. The molecule has 0 spiro atoms. The second-order valence-corrected chi connectivity index (χ2v) is 6.06. The summed E-state index contributed by atoms with van der Waals surface area (Å²) in [6.07, 6.45) is 2.10. The number of carbonyl (C=O) groups is 1. The molecule has 0 radical (unpaired) electrons. The van der Waals surface area contributed by atoms with Gasteiger partial charge < -0.3 is 14.7 Å². The number of piperidine rings is 1. The number of carbonyl (C=O) groups excluding carboxylic acids is 1. The fourth-order valence-electron chi connectivity index (χ4n) is 3.49. The van der Waals surface area contributed by atoms with E-state index in [0.717, 1.165) is 18.4 Å². The number of nitrogens with zero attached hydrogens (tertiary/aromatic N) is 1. The van der Waals surface area contributed by atoms with Gasteiger partial charge in [0.2, 0.25) is 0 Å². The Morgan fingerprint density at radius 1 is 1.38 bits per heavy atom. The number of ether oxygens (including phenoxy) is 1. The average Bonchev–Trinajstić information content (AvgIpc) is 2.72. The molecule has 2 aliphatic rings. The van der Waals surface area contributed by atoms with E-state index in [1.807, 2.05) is 18.2 Å². The predicted octanol–water partition coefficient (Wildman–Crippen LogP) is 1.93. The highest BCUT2D eigenvalue weighted by molar-refractivity contribution is 5.78. The molecule has 114 valence electrons. The highest BCUT2D eigenvalue weighted by Crippen LogP contribution is 2.36. The lowest BCUT2D eigenvalue weighted by atomic mass is 9.98. The van der Waals surface area contributed by atoms with Crippen LogP contribution in [-0.2, 0) is 9.53 Å². The summed E-state index contributed by atoms with van der Waals surface area (Å²) in [6.45, 7) is -0.300. The van der Waals surface area contributed by atoms with Crippen molar-refractivity contribution in [1.82, 2.24) is 4.90 Å². The van der Waals surface area contributed by atoms with Gasteiger partial charge in [0.25, 0.3) is 0 Å². The third kappa shape index (κ3) is 2.97. The van der Waals surface area contributed by atoms with Gasteiger partial charge in [-0.15, -0.1) is 0 Å². The Morgan fingerprint density at radius 3 is 2.57 bits per heavy atom. The minimum Gasteiger partial charge on any atom is -0.462 e. The van der Waals surface area contributed by atoms with E-state index in [4.69, 9.17) is 6.11 Å². The second-order valence-electron chi connectivity index (χ2n) is 6.06. The lowest BCUT2D eigenvalue weighted by molar-refractivity contribution is -0.155. The zero-order valence-electron chi connectivity index (χ0n) is 13.4. The molecule has 0 saturated carbocycles. The first kappa shape index (κ1) is 13.3. The van der Waals surface area contributed by atoms with E-state index in [1.165, 1.54) is 0 Å². The van der Waals surface area contributed by atoms with Crippen LogP contribution < -0.4 is 0 Å². The largest absolute Gasteiger partial charge is 0.462 e. The number of benzene rings is 1. The maximum Gasteiger partial charge on any atom is 0.316 e. The van der Waals surface area contributed by atoms with Gasteiger partial charge in [0.05, 0.1) is 7.98 Å². The van der Waals surface area contributed by atoms with E-state index in [9.17, 15) is 9.90 Å². The average molecular weight is 290 g/mol. The molecule has 0 aliphatic carbocycles. The molecule has 1 aromatic rings. The third-order valence-electron chi connectivity index (χ3n) is 4.83. The predicted molar refractivity (Wildman–Crippen MR) is 80.0 cm³/mol. The standard InChI is InChI=1S/C17H23NO3/c1-18-13-7-8-14(18)10-15(9-13)21-17(20)16(11-19)12-5-3-2-4-6-12/h2-6,13-16,19H,7-11H2,1H3/t13-,14?,15-,16?/m1/s1/i15D. The smallest absolute Gasteiger partial charge is 0.316 e. The van der Waals surface area contributed by atoms with Crippen LogP contribution in [0.1, 0.15) is 38.5 Å². The summed E-state index contributed by atoms with van der Waals surface area (Å²) in [7, 11) is 2.09. The number of aliphatic hydroxyl groups is 1. The summed E-state index contributed by atoms with van der Waals surface area (Å²) in [4.78, 5) is 14.8. The molecule has 2 fully saturated rings. The molecule has 4 atom stereocenters. The topological polar surface area (TPSA) is 49.8 Å². The summed E-state index contributed by atoms with van der Waals surface area (Å²) in [5.74, 6) is -1.20. The summed E-state index contributed by atoms with van der Waals surface area (Å²) in [5.41, 5.74) is 0.731. The van der Waals surface area contributed by atoms with Crippen LogP contribution in [0.5, 0.6) is 0 Å². The molecule has 2 heterocycles. The maximum absolute atomic E-state index is 12.4. The summed E-state index contributed by atoms with van der Waals surface area (Å²) < 4.78 is 14.1. The molecule has 2 bridgehead atoms. The van der Waals surface area contributed by atoms with Crippen LogP contribution in [0.15, 0.2) is 30.3 Å². The Morgan fingerprint density at radius 2 is 2.00 bits per heavy atom. The van der Waals surface area contributed by atoms with Crippen LogP contribution in [0.2, 0.25) is 0 Å². The minimum absolute atomic E-state index is 0.300. The van der Waals surface area contributed by atoms with Gasteiger partial charge in [-0.2, -0.15) is 0 Å². The number of aliphatic hydroxyl groups excluding tert-OH is 1. The Bertz CT molecular complexity index is 522. The van der Waals surface area contributed by atoms with Gasteiger partial charge in [0.15, 0.2) is 0 Å². The zero-order chi connectivity index (χ0) is 15.7. The van der Waals surface area contributed by atoms with E-state index < -0.39 is 18.0 Å². The lowest BCUT2D eigenvalue weighted by Gasteiger charge is -2.36. The van der Waals surface area contributed by atoms with Crippen LogP contribution in [0, 0.1) is 0 Å². The molecule has 21 heavy (non-hydrogen) atoms. The van der Waals surface area contributed by atoms with E-state index in [2.05, 4.69) is 11.9 Å². The van der Waals surface area contributed by atoms with E-state index >= 15 is 0 Å². The molecular weight excluding hydrogens is 266 g/mol. The molecule has 1 N–H and O–H groups in total. The summed E-state index contributed by atoms with van der Waals surface area (Å²) in [6, 6.07) is 9.79. The molecule has 2 unspecified atom stereocenters. The van der Waals surface area contributed by atoms with E-state index in [-0.39, 0.29) is 6.61 Å². The van der Waals surface area contributed by atoms with Crippen molar-refractivity contribution in [2.24, 2.45) is 0 Å². The molecule has 0 aromatic heterocycles. The van der Waals surface area contributed by atoms with Crippen LogP contribution in [0.4, 0.5) is 0 Å². The molecule has 3 rings (SSSR count). The van der Waals surface area contributed by atoms with E-state index in [0.29, 0.717) is 24.9 Å². The highest BCUT2D eigenvalue weighted by atomic mass is 16.5. The van der Waals surface area contributed by atoms with Crippen molar-refractivity contribution in [1.29, 1.82) is 0 Å². The van der Waals surface area contributed by atoms with Gasteiger partial charge in [0.1, 0.15) is 12.0 Å². The highest BCUT2D eigenvalue weighted by Gasteiger charge is 2.40. The SMILES string of the molecule is [2H][C@]1(OC(=O)C(CO)c2ccccc2)CC2CC[C@H](C1)N2C. The quantitative estimate of drug-likeness (QED) is 0.861. The third-order valence-corrected chi connectivity index (χ3v) is 4.83. The van der Waals surface area contributed by atoms with Gasteiger partial charge in [-0.3, -0.25) is 4.79 Å². The molecular formula is C17H23NO3. The van der Waals surface area contributed by atoms with Gasteiger partial charge in [-0.05, 0) is 38.3 Å². The summed E-state index contributed by atoms with van der Waals surface area (Å²) >= 11 is 0. The van der Waals surface area contributed by atoms with Crippen molar-refractivity contribution in [2.75, 3.05) is 13.7 Å². The molecule has 2 saturated heterocycles. The van der Waals surface area contributed by atoms with Crippen LogP contribution >= 0.6 is 0 Å². The minimum atomic E-state index is -1.16. The number of hydrogen-bond acceptors (Lipinski definition) is 4. The van der Waals surface area contributed by atoms with E-state index in [1.54, 1.807) is 12.1 Å². The number of rotatable bonds is 4. The van der Waals surface area contributed by atoms with Crippen molar-refractivity contribution >= 4 is 5.97 Å². The van der Waals surface area contributed by atoms with Crippen LogP contribution in [0.25, 0.3) is 0 Å². The normalized spacial score (nSPS) is 34.3. The van der Waals surface area contributed by atoms with Crippen LogP contribution in [-0.4, -0.2) is 47.8 Å². The fourth-order valence-corrected chi connectivity index (χ4v) is 3.49. The fraction of sp³-hybridized carbons (Fsp3) is 0.588. The van der Waals surface area contributed by atoms with Crippen LogP contribution in [0.3, 0.4) is 0 Å². The number of hydrogen-bond donors (Lipinski definition) is 1. The first-order chi connectivity index (χ1) is 10.5. The van der Waals surface area contributed by atoms with Gasteiger partial charge in [-0.25, -0.2) is 0 Å². The molecule has 4 nitrogen and oxygen atoms in total. The van der Waals surface area contributed by atoms with Crippen molar-refractivity contribution < 1.29 is 16.0 Å². The maximum atomic E-state index is 12.4. The lowest BCUT2D eigenvalue weighted by Crippen LogP contribution is -2.43. The molecule has 0 amide bonds.